The predicted molar refractivity (Wildman–Crippen MR) is 110 cm³/mol. The second-order valence-corrected chi connectivity index (χ2v) is 9.30. The normalized spacial score (nSPS) is 20.6. The fraction of sp³-hybridized carbons (Fsp3) is 0.409. The molecule has 28 heavy (non-hydrogen) atoms. The molecule has 2 aromatic rings. The van der Waals surface area contributed by atoms with Crippen LogP contribution in [0.15, 0.2) is 65.6 Å². The molecule has 5 nitrogen and oxygen atoms in total. The molecule has 1 heterocycles. The van der Waals surface area contributed by atoms with E-state index in [-0.39, 0.29) is 17.7 Å². The van der Waals surface area contributed by atoms with Crippen molar-refractivity contribution in [1.82, 2.24) is 9.62 Å². The molecule has 1 saturated heterocycles. The summed E-state index contributed by atoms with van der Waals surface area (Å²) in [5, 5.41) is 2.99. The molecule has 0 aliphatic carbocycles. The summed E-state index contributed by atoms with van der Waals surface area (Å²) in [7, 11) is -3.47. The highest BCUT2D eigenvalue weighted by Crippen LogP contribution is 2.32. The Bertz CT molecular complexity index is 869. The monoisotopic (exact) mass is 400 g/mol. The lowest BCUT2D eigenvalue weighted by atomic mass is 9.82. The van der Waals surface area contributed by atoms with Crippen LogP contribution in [0, 0.1) is 11.8 Å². The first-order valence-electron chi connectivity index (χ1n) is 9.86. The van der Waals surface area contributed by atoms with Gasteiger partial charge in [0.15, 0.2) is 0 Å². The summed E-state index contributed by atoms with van der Waals surface area (Å²) in [5.41, 5.74) is 1.08. The maximum Gasteiger partial charge on any atom is 0.243 e. The van der Waals surface area contributed by atoms with E-state index in [1.54, 1.807) is 28.6 Å². The summed E-state index contributed by atoms with van der Waals surface area (Å²) < 4.78 is 27.3. The van der Waals surface area contributed by atoms with Crippen LogP contribution in [-0.4, -0.2) is 31.7 Å². The van der Waals surface area contributed by atoms with Crippen molar-refractivity contribution >= 4 is 15.9 Å². The number of sulfonamides is 1. The molecule has 1 N–H and O–H groups in total. The lowest BCUT2D eigenvalue weighted by Crippen LogP contribution is -2.44. The van der Waals surface area contributed by atoms with E-state index in [4.69, 9.17) is 0 Å². The zero-order chi connectivity index (χ0) is 20.0. The van der Waals surface area contributed by atoms with Gasteiger partial charge < -0.3 is 5.32 Å². The number of nitrogens with one attached hydrogen (secondary N) is 1. The smallest absolute Gasteiger partial charge is 0.243 e. The van der Waals surface area contributed by atoms with E-state index >= 15 is 0 Å². The largest absolute Gasteiger partial charge is 0.352 e. The molecule has 6 heteroatoms. The zero-order valence-electron chi connectivity index (χ0n) is 16.3. The van der Waals surface area contributed by atoms with Crippen LogP contribution >= 0.6 is 0 Å². The molecule has 1 amide bonds. The number of hydrogen-bond acceptors (Lipinski definition) is 3. The Morgan fingerprint density at radius 1 is 1.04 bits per heavy atom. The van der Waals surface area contributed by atoms with Crippen LogP contribution in [0.2, 0.25) is 0 Å². The average Bonchev–Trinajstić information content (AvgIpc) is 2.74. The van der Waals surface area contributed by atoms with Crippen molar-refractivity contribution < 1.29 is 13.2 Å². The third-order valence-electron chi connectivity index (χ3n) is 5.54. The van der Waals surface area contributed by atoms with Crippen LogP contribution in [0.1, 0.15) is 31.7 Å². The van der Waals surface area contributed by atoms with E-state index in [1.165, 1.54) is 0 Å². The zero-order valence-corrected chi connectivity index (χ0v) is 17.1. The van der Waals surface area contributed by atoms with E-state index < -0.39 is 10.0 Å². The third-order valence-corrected chi connectivity index (χ3v) is 7.42. The van der Waals surface area contributed by atoms with E-state index in [0.717, 1.165) is 12.0 Å². The molecule has 1 aliphatic rings. The Labute approximate surface area is 167 Å². The lowest BCUT2D eigenvalue weighted by Gasteiger charge is -2.37. The number of hydrogen-bond donors (Lipinski definition) is 1. The molecular weight excluding hydrogens is 372 g/mol. The summed E-state index contributed by atoms with van der Waals surface area (Å²) in [5.74, 6) is 0.435. The second kappa shape index (κ2) is 9.34. The van der Waals surface area contributed by atoms with Crippen LogP contribution < -0.4 is 5.32 Å². The van der Waals surface area contributed by atoms with Gasteiger partial charge >= 0.3 is 0 Å². The summed E-state index contributed by atoms with van der Waals surface area (Å²) in [6.45, 7) is 3.53. The number of benzene rings is 2. The minimum absolute atomic E-state index is 0.0340. The second-order valence-electron chi connectivity index (χ2n) is 7.36. The SMILES string of the molecule is CC[C@H]1CN(S(=O)(=O)c2ccccc2)CC[C@H]1CC(=O)NCc1ccccc1. The molecule has 0 saturated carbocycles. The molecule has 0 bridgehead atoms. The Morgan fingerprint density at radius 3 is 2.32 bits per heavy atom. The lowest BCUT2D eigenvalue weighted by molar-refractivity contribution is -0.122. The Balaban J connectivity index is 1.58. The maximum atomic E-state index is 12.9. The van der Waals surface area contributed by atoms with Gasteiger partial charge in [-0.15, -0.1) is 0 Å². The number of nitrogens with zero attached hydrogens (tertiary/aromatic N) is 1. The van der Waals surface area contributed by atoms with Crippen LogP contribution in [0.3, 0.4) is 0 Å². The number of carbonyl (C=O) groups excluding carboxylic acids is 1. The maximum absolute atomic E-state index is 12.9. The summed E-state index contributed by atoms with van der Waals surface area (Å²) in [6, 6.07) is 18.4. The van der Waals surface area contributed by atoms with E-state index in [2.05, 4.69) is 12.2 Å². The molecule has 1 aliphatic heterocycles. The van der Waals surface area contributed by atoms with Gasteiger partial charge in [-0.1, -0.05) is 61.9 Å². The average molecular weight is 401 g/mol. The van der Waals surface area contributed by atoms with Crippen LogP contribution in [-0.2, 0) is 21.4 Å². The van der Waals surface area contributed by atoms with Gasteiger partial charge in [0.1, 0.15) is 0 Å². The molecule has 0 aromatic heterocycles. The van der Waals surface area contributed by atoms with E-state index in [1.807, 2.05) is 36.4 Å². The van der Waals surface area contributed by atoms with Gasteiger partial charge in [0.2, 0.25) is 15.9 Å². The highest BCUT2D eigenvalue weighted by molar-refractivity contribution is 7.89. The summed E-state index contributed by atoms with van der Waals surface area (Å²) >= 11 is 0. The van der Waals surface area contributed by atoms with Crippen LogP contribution in [0.4, 0.5) is 0 Å². The molecule has 2 atom stereocenters. The Kier molecular flexibility index (Phi) is 6.86. The highest BCUT2D eigenvalue weighted by atomic mass is 32.2. The van der Waals surface area contributed by atoms with Crippen LogP contribution in [0.5, 0.6) is 0 Å². The Morgan fingerprint density at radius 2 is 1.68 bits per heavy atom. The fourth-order valence-electron chi connectivity index (χ4n) is 3.85. The molecule has 3 rings (SSSR count). The van der Waals surface area contributed by atoms with Gasteiger partial charge in [-0.3, -0.25) is 4.79 Å². The molecule has 150 valence electrons. The van der Waals surface area contributed by atoms with Gasteiger partial charge in [0, 0.05) is 26.1 Å². The van der Waals surface area contributed by atoms with Gasteiger partial charge in [0.05, 0.1) is 4.90 Å². The first-order chi connectivity index (χ1) is 13.5. The molecule has 2 aromatic carbocycles. The standard InChI is InChI=1S/C22H28N2O3S/c1-2-19-17-24(28(26,27)21-11-7-4-8-12-21)14-13-20(19)15-22(25)23-16-18-9-5-3-6-10-18/h3-12,19-20H,2,13-17H2,1H3,(H,23,25)/t19-,20-/m0/s1. The van der Waals surface area contributed by atoms with Crippen molar-refractivity contribution in [3.05, 3.63) is 66.2 Å². The van der Waals surface area contributed by atoms with Crippen molar-refractivity contribution in [2.24, 2.45) is 11.8 Å². The third kappa shape index (κ3) is 5.00. The molecule has 0 spiro atoms. The van der Waals surface area contributed by atoms with E-state index in [0.29, 0.717) is 37.4 Å². The van der Waals surface area contributed by atoms with Crippen molar-refractivity contribution in [1.29, 1.82) is 0 Å². The molecule has 0 unspecified atom stereocenters. The van der Waals surface area contributed by atoms with Gasteiger partial charge in [-0.25, -0.2) is 8.42 Å². The fourth-order valence-corrected chi connectivity index (χ4v) is 5.38. The number of rotatable bonds is 7. The Hall–Kier alpha value is -2.18. The summed E-state index contributed by atoms with van der Waals surface area (Å²) in [4.78, 5) is 12.7. The minimum Gasteiger partial charge on any atom is -0.352 e. The van der Waals surface area contributed by atoms with Crippen molar-refractivity contribution in [2.45, 2.75) is 37.6 Å². The number of carbonyl (C=O) groups is 1. The van der Waals surface area contributed by atoms with E-state index in [9.17, 15) is 13.2 Å². The van der Waals surface area contributed by atoms with Crippen molar-refractivity contribution in [3.63, 3.8) is 0 Å². The summed E-state index contributed by atoms with van der Waals surface area (Å²) in [6.07, 6.45) is 2.02. The molecule has 0 radical (unpaired) electrons. The first-order valence-corrected chi connectivity index (χ1v) is 11.3. The molecule has 1 fully saturated rings. The van der Waals surface area contributed by atoms with Crippen molar-refractivity contribution in [3.8, 4) is 0 Å². The van der Waals surface area contributed by atoms with Crippen molar-refractivity contribution in [2.75, 3.05) is 13.1 Å². The number of piperidine rings is 1. The minimum atomic E-state index is -3.47. The number of amides is 1. The van der Waals surface area contributed by atoms with Gasteiger partial charge in [-0.05, 0) is 36.0 Å². The first kappa shape index (κ1) is 20.6. The quantitative estimate of drug-likeness (QED) is 0.774. The van der Waals surface area contributed by atoms with Crippen LogP contribution in [0.25, 0.3) is 0 Å². The topological polar surface area (TPSA) is 66.5 Å². The van der Waals surface area contributed by atoms with Gasteiger partial charge in [-0.2, -0.15) is 4.31 Å². The highest BCUT2D eigenvalue weighted by Gasteiger charge is 2.35. The predicted octanol–water partition coefficient (Wildman–Crippen LogP) is 3.43. The van der Waals surface area contributed by atoms with Gasteiger partial charge in [0.25, 0.3) is 0 Å². The molecular formula is C22H28N2O3S.